The van der Waals surface area contributed by atoms with Gasteiger partial charge >= 0.3 is 0 Å². The number of aromatic nitrogens is 1. The van der Waals surface area contributed by atoms with Crippen LogP contribution in [0.2, 0.25) is 0 Å². The topological polar surface area (TPSA) is 59.1 Å². The van der Waals surface area contributed by atoms with E-state index < -0.39 is 0 Å². The first-order chi connectivity index (χ1) is 10.5. The average Bonchev–Trinajstić information content (AvgIpc) is 2.88. The molecule has 1 aromatic carbocycles. The minimum atomic E-state index is -0.186. The van der Waals surface area contributed by atoms with E-state index in [1.165, 1.54) is 11.8 Å². The molecule has 22 heavy (non-hydrogen) atoms. The molecule has 0 bridgehead atoms. The number of rotatable bonds is 3. The maximum absolute atomic E-state index is 12.2. The van der Waals surface area contributed by atoms with Gasteiger partial charge in [0.25, 0.3) is 5.91 Å². The number of Topliss-reactive ketones (excluding diaryl/α,β-unsaturated/α-hetero) is 1. The van der Waals surface area contributed by atoms with Crippen LogP contribution in [0.1, 0.15) is 51.6 Å². The van der Waals surface area contributed by atoms with E-state index in [0.717, 1.165) is 25.0 Å². The second kappa shape index (κ2) is 6.01. The Balaban J connectivity index is 1.73. The molecule has 0 aliphatic heterocycles. The fraction of sp³-hybridized carbons (Fsp3) is 0.353. The summed E-state index contributed by atoms with van der Waals surface area (Å²) in [4.78, 5) is 29.3. The summed E-state index contributed by atoms with van der Waals surface area (Å²) >= 11 is 1.57. The number of anilines is 1. The largest absolute Gasteiger partial charge is 0.298 e. The molecule has 0 fully saturated rings. The molecule has 1 unspecified atom stereocenters. The number of aryl methyl sites for hydroxylation is 1. The lowest BCUT2D eigenvalue weighted by atomic mass is 9.93. The number of amides is 1. The standard InChI is InChI=1S/C17H18N2O2S/c1-10-3-8-14-15(9-10)22-17(18-14)19-16(21)13-6-4-12(5-7-13)11(2)20/h4-7,10H,3,8-9H2,1-2H3,(H,18,19,21). The number of ketones is 1. The molecule has 0 spiro atoms. The summed E-state index contributed by atoms with van der Waals surface area (Å²) in [5.41, 5.74) is 2.27. The number of thiazole rings is 1. The Morgan fingerprint density at radius 1 is 1.23 bits per heavy atom. The number of fused-ring (bicyclic) bond motifs is 1. The van der Waals surface area contributed by atoms with Crippen LogP contribution in [-0.4, -0.2) is 16.7 Å². The highest BCUT2D eigenvalue weighted by Gasteiger charge is 2.20. The van der Waals surface area contributed by atoms with E-state index in [2.05, 4.69) is 17.2 Å². The first kappa shape index (κ1) is 14.9. The molecule has 1 aromatic heterocycles. The van der Waals surface area contributed by atoms with E-state index in [1.54, 1.807) is 35.6 Å². The van der Waals surface area contributed by atoms with Crippen LogP contribution in [0.4, 0.5) is 5.13 Å². The molecule has 5 heteroatoms. The predicted molar refractivity (Wildman–Crippen MR) is 87.7 cm³/mol. The Bertz CT molecular complexity index is 719. The van der Waals surface area contributed by atoms with Gasteiger partial charge in [0.15, 0.2) is 10.9 Å². The number of hydrogen-bond acceptors (Lipinski definition) is 4. The molecule has 4 nitrogen and oxygen atoms in total. The Morgan fingerprint density at radius 3 is 2.59 bits per heavy atom. The zero-order valence-corrected chi connectivity index (χ0v) is 13.5. The Labute approximate surface area is 133 Å². The molecule has 0 saturated heterocycles. The average molecular weight is 314 g/mol. The van der Waals surface area contributed by atoms with Crippen LogP contribution in [-0.2, 0) is 12.8 Å². The van der Waals surface area contributed by atoms with Gasteiger partial charge in [-0.2, -0.15) is 0 Å². The minimum absolute atomic E-state index is 0.00585. The summed E-state index contributed by atoms with van der Waals surface area (Å²) in [5, 5.41) is 3.53. The van der Waals surface area contributed by atoms with Gasteiger partial charge in [0.05, 0.1) is 5.69 Å². The van der Waals surface area contributed by atoms with Crippen LogP contribution >= 0.6 is 11.3 Å². The van der Waals surface area contributed by atoms with Crippen molar-refractivity contribution in [1.82, 2.24) is 4.98 Å². The van der Waals surface area contributed by atoms with Crippen molar-refractivity contribution < 1.29 is 9.59 Å². The molecule has 1 heterocycles. The Morgan fingerprint density at radius 2 is 1.91 bits per heavy atom. The highest BCUT2D eigenvalue weighted by Crippen LogP contribution is 2.32. The molecule has 1 atom stereocenters. The van der Waals surface area contributed by atoms with Gasteiger partial charge in [0.2, 0.25) is 0 Å². The summed E-state index contributed by atoms with van der Waals surface area (Å²) in [5.74, 6) is 0.499. The zero-order valence-electron chi connectivity index (χ0n) is 12.7. The van der Waals surface area contributed by atoms with Crippen LogP contribution in [0.3, 0.4) is 0 Å². The van der Waals surface area contributed by atoms with E-state index in [1.807, 2.05) is 0 Å². The number of nitrogens with one attached hydrogen (secondary N) is 1. The van der Waals surface area contributed by atoms with Crippen molar-refractivity contribution in [1.29, 1.82) is 0 Å². The summed E-state index contributed by atoms with van der Waals surface area (Å²) in [6.07, 6.45) is 3.21. The summed E-state index contributed by atoms with van der Waals surface area (Å²) in [7, 11) is 0. The van der Waals surface area contributed by atoms with Gasteiger partial charge in [0.1, 0.15) is 0 Å². The second-order valence-corrected chi connectivity index (χ2v) is 6.91. The van der Waals surface area contributed by atoms with Crippen molar-refractivity contribution in [3.05, 3.63) is 46.0 Å². The second-order valence-electron chi connectivity index (χ2n) is 5.82. The minimum Gasteiger partial charge on any atom is -0.298 e. The lowest BCUT2D eigenvalue weighted by Gasteiger charge is -2.15. The Hall–Kier alpha value is -2.01. The predicted octanol–water partition coefficient (Wildman–Crippen LogP) is 3.72. The van der Waals surface area contributed by atoms with E-state index >= 15 is 0 Å². The third kappa shape index (κ3) is 3.09. The summed E-state index contributed by atoms with van der Waals surface area (Å²) in [6.45, 7) is 3.76. The number of benzene rings is 1. The highest BCUT2D eigenvalue weighted by atomic mass is 32.1. The molecule has 114 valence electrons. The molecule has 0 radical (unpaired) electrons. The molecule has 3 rings (SSSR count). The van der Waals surface area contributed by atoms with Crippen LogP contribution in [0.5, 0.6) is 0 Å². The Kier molecular flexibility index (Phi) is 4.07. The highest BCUT2D eigenvalue weighted by molar-refractivity contribution is 7.15. The van der Waals surface area contributed by atoms with Gasteiger partial charge < -0.3 is 0 Å². The van der Waals surface area contributed by atoms with Gasteiger partial charge in [-0.3, -0.25) is 14.9 Å². The van der Waals surface area contributed by atoms with Crippen molar-refractivity contribution in [2.45, 2.75) is 33.1 Å². The molecule has 2 aromatic rings. The molecule has 0 saturated carbocycles. The van der Waals surface area contributed by atoms with Crippen molar-refractivity contribution in [3.63, 3.8) is 0 Å². The number of carbonyl (C=O) groups is 2. The van der Waals surface area contributed by atoms with Crippen LogP contribution in [0, 0.1) is 5.92 Å². The quantitative estimate of drug-likeness (QED) is 0.878. The van der Waals surface area contributed by atoms with Crippen molar-refractivity contribution >= 4 is 28.2 Å². The normalized spacial score (nSPS) is 16.9. The van der Waals surface area contributed by atoms with Gasteiger partial charge in [0, 0.05) is 16.0 Å². The lowest BCUT2D eigenvalue weighted by Crippen LogP contribution is -2.12. The fourth-order valence-electron chi connectivity index (χ4n) is 2.62. The van der Waals surface area contributed by atoms with Crippen LogP contribution in [0.15, 0.2) is 24.3 Å². The van der Waals surface area contributed by atoms with Crippen LogP contribution in [0.25, 0.3) is 0 Å². The first-order valence-electron chi connectivity index (χ1n) is 7.44. The van der Waals surface area contributed by atoms with E-state index in [-0.39, 0.29) is 11.7 Å². The number of nitrogens with zero attached hydrogens (tertiary/aromatic N) is 1. The van der Waals surface area contributed by atoms with E-state index in [4.69, 9.17) is 0 Å². The maximum Gasteiger partial charge on any atom is 0.257 e. The SMILES string of the molecule is CC(=O)c1ccc(C(=O)Nc2nc3c(s2)CC(C)CC3)cc1. The molecule has 1 aliphatic rings. The van der Waals surface area contributed by atoms with Crippen molar-refractivity contribution in [3.8, 4) is 0 Å². The molecular formula is C17H18N2O2S. The molecule has 1 amide bonds. The first-order valence-corrected chi connectivity index (χ1v) is 8.25. The number of hydrogen-bond donors (Lipinski definition) is 1. The lowest BCUT2D eigenvalue weighted by molar-refractivity contribution is 0.100. The molecular weight excluding hydrogens is 296 g/mol. The van der Waals surface area contributed by atoms with Gasteiger partial charge in [-0.15, -0.1) is 11.3 Å². The van der Waals surface area contributed by atoms with Gasteiger partial charge in [-0.05, 0) is 44.2 Å². The van der Waals surface area contributed by atoms with Crippen LogP contribution < -0.4 is 5.32 Å². The third-order valence-corrected chi connectivity index (χ3v) is 5.00. The van der Waals surface area contributed by atoms with E-state index in [9.17, 15) is 9.59 Å². The zero-order chi connectivity index (χ0) is 15.7. The van der Waals surface area contributed by atoms with Gasteiger partial charge in [-0.25, -0.2) is 4.98 Å². The summed E-state index contributed by atoms with van der Waals surface area (Å²) < 4.78 is 0. The molecule has 1 aliphatic carbocycles. The fourth-order valence-corrected chi connectivity index (χ4v) is 3.79. The van der Waals surface area contributed by atoms with Crippen molar-refractivity contribution in [2.24, 2.45) is 5.92 Å². The maximum atomic E-state index is 12.2. The third-order valence-electron chi connectivity index (χ3n) is 3.96. The van der Waals surface area contributed by atoms with E-state index in [0.29, 0.717) is 22.2 Å². The smallest absolute Gasteiger partial charge is 0.257 e. The van der Waals surface area contributed by atoms with Gasteiger partial charge in [-0.1, -0.05) is 19.1 Å². The summed E-state index contributed by atoms with van der Waals surface area (Å²) in [6, 6.07) is 6.68. The monoisotopic (exact) mass is 314 g/mol. The number of carbonyl (C=O) groups excluding carboxylic acids is 2. The molecule has 1 N–H and O–H groups in total. The van der Waals surface area contributed by atoms with Crippen molar-refractivity contribution in [2.75, 3.05) is 5.32 Å².